The average Bonchev–Trinajstić information content (AvgIpc) is 3.02. The van der Waals surface area contributed by atoms with Gasteiger partial charge >= 0.3 is 0 Å². The molecule has 0 unspecified atom stereocenters. The predicted molar refractivity (Wildman–Crippen MR) is 93.7 cm³/mol. The van der Waals surface area contributed by atoms with Gasteiger partial charge in [0.05, 0.1) is 6.54 Å². The van der Waals surface area contributed by atoms with Crippen molar-refractivity contribution in [1.29, 1.82) is 0 Å². The van der Waals surface area contributed by atoms with Crippen molar-refractivity contribution in [3.05, 3.63) is 30.1 Å². The third kappa shape index (κ3) is 4.18. The van der Waals surface area contributed by atoms with Gasteiger partial charge in [-0.15, -0.1) is 0 Å². The van der Waals surface area contributed by atoms with Crippen LogP contribution in [-0.2, 0) is 4.79 Å². The van der Waals surface area contributed by atoms with Crippen molar-refractivity contribution in [2.45, 2.75) is 25.8 Å². The van der Waals surface area contributed by atoms with E-state index in [4.69, 9.17) is 0 Å². The molecule has 0 spiro atoms. The summed E-state index contributed by atoms with van der Waals surface area (Å²) in [6.07, 6.45) is 2.17. The third-order valence-corrected chi connectivity index (χ3v) is 4.33. The van der Waals surface area contributed by atoms with Crippen LogP contribution >= 0.6 is 0 Å². The molecule has 1 aliphatic heterocycles. The number of H-pyrrole nitrogens is 1. The van der Waals surface area contributed by atoms with E-state index in [1.807, 2.05) is 38.2 Å². The molecule has 2 heterocycles. The Morgan fingerprint density at radius 1 is 1.38 bits per heavy atom. The van der Waals surface area contributed by atoms with E-state index in [2.05, 4.69) is 30.7 Å². The van der Waals surface area contributed by atoms with E-state index in [9.17, 15) is 4.79 Å². The molecular formula is C17H24N6O. The molecule has 1 saturated heterocycles. The number of likely N-dealkylation sites (N-methyl/N-ethyl adjacent to an activating group) is 1. The van der Waals surface area contributed by atoms with E-state index in [0.29, 0.717) is 18.4 Å². The van der Waals surface area contributed by atoms with Crippen LogP contribution in [0.2, 0.25) is 0 Å². The molecule has 7 heteroatoms. The van der Waals surface area contributed by atoms with E-state index in [1.54, 1.807) is 0 Å². The number of nitrogens with zero attached hydrogens (tertiary/aromatic N) is 3. The number of aromatic amines is 1. The maximum Gasteiger partial charge on any atom is 0.238 e. The smallest absolute Gasteiger partial charge is 0.238 e. The molecule has 2 aromatic rings. The van der Waals surface area contributed by atoms with Crippen LogP contribution in [0.1, 0.15) is 18.7 Å². The van der Waals surface area contributed by atoms with Gasteiger partial charge in [-0.2, -0.15) is 5.10 Å². The number of aromatic nitrogens is 3. The molecule has 3 N–H and O–H groups in total. The maximum absolute atomic E-state index is 12.3. The number of amides is 1. The zero-order chi connectivity index (χ0) is 16.9. The zero-order valence-electron chi connectivity index (χ0n) is 14.2. The number of anilines is 1. The van der Waals surface area contributed by atoms with E-state index in [1.165, 1.54) is 0 Å². The summed E-state index contributed by atoms with van der Waals surface area (Å²) in [5, 5.41) is 13.3. The Bertz CT molecular complexity index is 692. The lowest BCUT2D eigenvalue weighted by molar-refractivity contribution is -0.117. The zero-order valence-corrected chi connectivity index (χ0v) is 14.2. The largest absolute Gasteiger partial charge is 0.325 e. The second kappa shape index (κ2) is 7.55. The van der Waals surface area contributed by atoms with Gasteiger partial charge in [-0.05, 0) is 52.0 Å². The van der Waals surface area contributed by atoms with Crippen LogP contribution in [0, 0.1) is 6.92 Å². The average molecular weight is 328 g/mol. The predicted octanol–water partition coefficient (Wildman–Crippen LogP) is 1.40. The van der Waals surface area contributed by atoms with Crippen LogP contribution in [0.3, 0.4) is 0 Å². The highest BCUT2D eigenvalue weighted by molar-refractivity contribution is 5.92. The van der Waals surface area contributed by atoms with Gasteiger partial charge in [0.2, 0.25) is 5.91 Å². The standard InChI is InChI=1S/C17H24N6O/c1-12-19-17(22-21-12)13-4-3-5-14(10-13)20-16(24)11-23(2)15-6-8-18-9-7-15/h3-5,10,15,18H,6-9,11H2,1-2H3,(H,20,24)(H,19,21,22). The lowest BCUT2D eigenvalue weighted by Crippen LogP contribution is -2.44. The fraction of sp³-hybridized carbons (Fsp3) is 0.471. The Kier molecular flexibility index (Phi) is 5.22. The van der Waals surface area contributed by atoms with E-state index in [0.717, 1.165) is 43.0 Å². The van der Waals surface area contributed by atoms with Crippen molar-refractivity contribution in [3.63, 3.8) is 0 Å². The first-order chi connectivity index (χ1) is 11.6. The molecule has 1 aromatic heterocycles. The summed E-state index contributed by atoms with van der Waals surface area (Å²) < 4.78 is 0. The van der Waals surface area contributed by atoms with Crippen LogP contribution in [0.5, 0.6) is 0 Å². The molecule has 3 rings (SSSR count). The molecule has 0 saturated carbocycles. The normalized spacial score (nSPS) is 15.6. The number of benzene rings is 1. The molecule has 24 heavy (non-hydrogen) atoms. The second-order valence-electron chi connectivity index (χ2n) is 6.27. The van der Waals surface area contributed by atoms with Crippen LogP contribution in [0.25, 0.3) is 11.4 Å². The summed E-state index contributed by atoms with van der Waals surface area (Å²) in [7, 11) is 2.02. The van der Waals surface area contributed by atoms with Crippen molar-refractivity contribution in [3.8, 4) is 11.4 Å². The Balaban J connectivity index is 1.60. The lowest BCUT2D eigenvalue weighted by atomic mass is 10.1. The summed E-state index contributed by atoms with van der Waals surface area (Å²) in [5.74, 6) is 1.40. The maximum atomic E-state index is 12.3. The van der Waals surface area contributed by atoms with Crippen LogP contribution in [0.15, 0.2) is 24.3 Å². The van der Waals surface area contributed by atoms with Crippen LogP contribution in [0.4, 0.5) is 5.69 Å². The van der Waals surface area contributed by atoms with Gasteiger partial charge in [-0.1, -0.05) is 12.1 Å². The Morgan fingerprint density at radius 2 is 2.17 bits per heavy atom. The molecule has 1 aliphatic rings. The minimum Gasteiger partial charge on any atom is -0.325 e. The first-order valence-corrected chi connectivity index (χ1v) is 8.32. The number of piperidine rings is 1. The van der Waals surface area contributed by atoms with Gasteiger partial charge in [-0.25, -0.2) is 4.98 Å². The number of carbonyl (C=O) groups is 1. The van der Waals surface area contributed by atoms with Gasteiger partial charge in [0.1, 0.15) is 5.82 Å². The molecule has 1 aromatic carbocycles. The lowest BCUT2D eigenvalue weighted by Gasteiger charge is -2.31. The van der Waals surface area contributed by atoms with Gasteiger partial charge in [0.25, 0.3) is 0 Å². The second-order valence-corrected chi connectivity index (χ2v) is 6.27. The van der Waals surface area contributed by atoms with Gasteiger partial charge < -0.3 is 10.6 Å². The molecule has 0 atom stereocenters. The SMILES string of the molecule is Cc1nc(-c2cccc(NC(=O)CN(C)C3CCNCC3)c2)n[nH]1. The Labute approximate surface area is 141 Å². The molecule has 0 bridgehead atoms. The molecule has 0 aliphatic carbocycles. The quantitative estimate of drug-likeness (QED) is 0.772. The highest BCUT2D eigenvalue weighted by Gasteiger charge is 2.19. The number of carbonyl (C=O) groups excluding carboxylic acids is 1. The van der Waals surface area contributed by atoms with E-state index >= 15 is 0 Å². The number of nitrogens with one attached hydrogen (secondary N) is 3. The number of rotatable bonds is 5. The summed E-state index contributed by atoms with van der Waals surface area (Å²) in [5.41, 5.74) is 1.64. The summed E-state index contributed by atoms with van der Waals surface area (Å²) >= 11 is 0. The van der Waals surface area contributed by atoms with Crippen molar-refractivity contribution in [2.75, 3.05) is 32.0 Å². The third-order valence-electron chi connectivity index (χ3n) is 4.33. The fourth-order valence-electron chi connectivity index (χ4n) is 3.01. The van der Waals surface area contributed by atoms with Crippen molar-refractivity contribution in [2.24, 2.45) is 0 Å². The first kappa shape index (κ1) is 16.6. The number of hydrogen-bond donors (Lipinski definition) is 3. The number of aryl methyl sites for hydroxylation is 1. The van der Waals surface area contributed by atoms with Crippen molar-refractivity contribution in [1.82, 2.24) is 25.4 Å². The first-order valence-electron chi connectivity index (χ1n) is 8.32. The highest BCUT2D eigenvalue weighted by atomic mass is 16.2. The molecule has 7 nitrogen and oxygen atoms in total. The molecule has 1 fully saturated rings. The molecule has 0 radical (unpaired) electrons. The summed E-state index contributed by atoms with van der Waals surface area (Å²) in [6.45, 7) is 4.30. The van der Waals surface area contributed by atoms with Crippen LogP contribution < -0.4 is 10.6 Å². The van der Waals surface area contributed by atoms with Crippen molar-refractivity contribution >= 4 is 11.6 Å². The molecule has 1 amide bonds. The molecule has 128 valence electrons. The highest BCUT2D eigenvalue weighted by Crippen LogP contribution is 2.19. The summed E-state index contributed by atoms with van der Waals surface area (Å²) in [4.78, 5) is 18.8. The minimum atomic E-state index is -0.000602. The van der Waals surface area contributed by atoms with Gasteiger partial charge in [-0.3, -0.25) is 14.8 Å². The van der Waals surface area contributed by atoms with E-state index in [-0.39, 0.29) is 5.91 Å². The Morgan fingerprint density at radius 3 is 2.88 bits per heavy atom. The summed E-state index contributed by atoms with van der Waals surface area (Å²) in [6, 6.07) is 8.07. The van der Waals surface area contributed by atoms with Crippen molar-refractivity contribution < 1.29 is 4.79 Å². The van der Waals surface area contributed by atoms with Gasteiger partial charge in [0.15, 0.2) is 5.82 Å². The van der Waals surface area contributed by atoms with Gasteiger partial charge in [0, 0.05) is 17.3 Å². The monoisotopic (exact) mass is 328 g/mol. The number of hydrogen-bond acceptors (Lipinski definition) is 5. The topological polar surface area (TPSA) is 85.9 Å². The van der Waals surface area contributed by atoms with Crippen LogP contribution in [-0.4, -0.2) is 58.7 Å². The van der Waals surface area contributed by atoms with E-state index < -0.39 is 0 Å². The minimum absolute atomic E-state index is 0.000602. The Hall–Kier alpha value is -2.25. The fourth-order valence-corrected chi connectivity index (χ4v) is 3.01. The molecular weight excluding hydrogens is 304 g/mol.